The molecule has 0 spiro atoms. The lowest BCUT2D eigenvalue weighted by Crippen LogP contribution is -2.44. The number of likely N-dealkylation sites (N-methyl/N-ethyl adjacent to an activating group) is 1. The third-order valence-corrected chi connectivity index (χ3v) is 5.74. The fourth-order valence-electron chi connectivity index (χ4n) is 3.84. The number of anilines is 2. The molecule has 164 valence electrons. The van der Waals surface area contributed by atoms with Gasteiger partial charge in [0.15, 0.2) is 0 Å². The van der Waals surface area contributed by atoms with E-state index in [2.05, 4.69) is 46.4 Å². The van der Waals surface area contributed by atoms with Crippen LogP contribution in [0, 0.1) is 0 Å². The van der Waals surface area contributed by atoms with Crippen LogP contribution in [0.5, 0.6) is 5.75 Å². The number of hydrogen-bond donors (Lipinski definition) is 1. The van der Waals surface area contributed by atoms with Gasteiger partial charge in [-0.1, -0.05) is 54.6 Å². The monoisotopic (exact) mass is 427 g/mol. The smallest absolute Gasteiger partial charge is 0.248 e. The van der Waals surface area contributed by atoms with E-state index in [9.17, 15) is 4.79 Å². The van der Waals surface area contributed by atoms with Crippen LogP contribution in [0.1, 0.15) is 5.56 Å². The lowest BCUT2D eigenvalue weighted by Gasteiger charge is -2.34. The summed E-state index contributed by atoms with van der Waals surface area (Å²) >= 11 is 0. The van der Waals surface area contributed by atoms with Gasteiger partial charge in [0, 0.05) is 37.9 Å². The maximum Gasteiger partial charge on any atom is 0.248 e. The minimum absolute atomic E-state index is 0.161. The van der Waals surface area contributed by atoms with Crippen molar-refractivity contribution in [1.82, 2.24) is 4.90 Å². The Hall–Kier alpha value is -3.57. The molecule has 1 aliphatic rings. The Bertz CT molecular complexity index is 1070. The van der Waals surface area contributed by atoms with E-state index >= 15 is 0 Å². The molecule has 1 saturated heterocycles. The first-order valence-electron chi connectivity index (χ1n) is 10.9. The Balaban J connectivity index is 1.41. The van der Waals surface area contributed by atoms with E-state index in [1.807, 2.05) is 54.6 Å². The number of nitrogens with zero attached hydrogens (tertiary/aromatic N) is 2. The van der Waals surface area contributed by atoms with E-state index in [0.29, 0.717) is 0 Å². The molecular weight excluding hydrogens is 398 g/mol. The summed E-state index contributed by atoms with van der Waals surface area (Å²) in [5, 5.41) is 2.97. The average molecular weight is 428 g/mol. The first-order valence-corrected chi connectivity index (χ1v) is 10.9. The van der Waals surface area contributed by atoms with E-state index in [1.54, 1.807) is 13.2 Å². The molecular formula is C27H29N3O2. The van der Waals surface area contributed by atoms with Crippen LogP contribution < -0.4 is 15.0 Å². The Morgan fingerprint density at radius 2 is 1.59 bits per heavy atom. The van der Waals surface area contributed by atoms with Crippen LogP contribution in [-0.2, 0) is 4.79 Å². The predicted octanol–water partition coefficient (Wildman–Crippen LogP) is 4.77. The van der Waals surface area contributed by atoms with Crippen LogP contribution >= 0.6 is 0 Å². The minimum Gasteiger partial charge on any atom is -0.495 e. The highest BCUT2D eigenvalue weighted by Gasteiger charge is 2.18. The molecule has 0 radical (unpaired) electrons. The number of nitrogens with one attached hydrogen (secondary N) is 1. The van der Waals surface area contributed by atoms with E-state index in [1.165, 1.54) is 5.56 Å². The zero-order chi connectivity index (χ0) is 22.3. The van der Waals surface area contributed by atoms with Crippen LogP contribution in [0.3, 0.4) is 0 Å². The van der Waals surface area contributed by atoms with Gasteiger partial charge in [0.05, 0.1) is 12.8 Å². The number of rotatable bonds is 6. The maximum atomic E-state index is 12.5. The lowest BCUT2D eigenvalue weighted by atomic mass is 10.0. The van der Waals surface area contributed by atoms with Crippen molar-refractivity contribution in [2.24, 2.45) is 0 Å². The second-order valence-corrected chi connectivity index (χ2v) is 7.99. The van der Waals surface area contributed by atoms with Crippen LogP contribution in [0.15, 0.2) is 78.9 Å². The first kappa shape index (κ1) is 21.7. The Morgan fingerprint density at radius 1 is 0.906 bits per heavy atom. The zero-order valence-corrected chi connectivity index (χ0v) is 18.6. The van der Waals surface area contributed by atoms with Gasteiger partial charge in [-0.2, -0.15) is 0 Å². The van der Waals surface area contributed by atoms with Crippen molar-refractivity contribution in [2.75, 3.05) is 50.6 Å². The van der Waals surface area contributed by atoms with E-state index < -0.39 is 0 Å². The number of methoxy groups -OCH3 is 1. The summed E-state index contributed by atoms with van der Waals surface area (Å²) in [6, 6.07) is 24.2. The number of carbonyl (C=O) groups excluding carboxylic acids is 1. The molecule has 0 aromatic heterocycles. The van der Waals surface area contributed by atoms with E-state index in [4.69, 9.17) is 4.74 Å². The molecule has 32 heavy (non-hydrogen) atoms. The molecule has 0 saturated carbocycles. The molecule has 0 atom stereocenters. The Morgan fingerprint density at radius 3 is 2.28 bits per heavy atom. The van der Waals surface area contributed by atoms with Crippen molar-refractivity contribution < 1.29 is 9.53 Å². The van der Waals surface area contributed by atoms with Gasteiger partial charge in [-0.15, -0.1) is 0 Å². The number of benzene rings is 3. The molecule has 1 amide bonds. The maximum absolute atomic E-state index is 12.5. The van der Waals surface area contributed by atoms with Crippen LogP contribution in [0.2, 0.25) is 0 Å². The largest absolute Gasteiger partial charge is 0.495 e. The van der Waals surface area contributed by atoms with Crippen LogP contribution in [-0.4, -0.2) is 51.1 Å². The van der Waals surface area contributed by atoms with Gasteiger partial charge < -0.3 is 19.9 Å². The van der Waals surface area contributed by atoms with Gasteiger partial charge in [-0.3, -0.25) is 4.79 Å². The standard InChI is InChI=1S/C27H29N3O2/c1-29-16-18-30(19-17-29)25-20-24(13-14-26(25)32-2)28-27(31)15-10-21-8-11-23(12-9-21)22-6-4-3-5-7-22/h3-15,20H,16-19H2,1-2H3,(H,28,31)/b15-10+. The summed E-state index contributed by atoms with van der Waals surface area (Å²) in [5.74, 6) is 0.660. The molecule has 1 N–H and O–H groups in total. The first-order chi connectivity index (χ1) is 15.6. The molecule has 1 aliphatic heterocycles. The Kier molecular flexibility index (Phi) is 6.87. The van der Waals surface area contributed by atoms with Gasteiger partial charge in [-0.05, 0) is 48.0 Å². The number of piperazine rings is 1. The van der Waals surface area contributed by atoms with Crippen molar-refractivity contribution in [3.05, 3.63) is 84.4 Å². The van der Waals surface area contributed by atoms with Crippen molar-refractivity contribution >= 4 is 23.4 Å². The quantitative estimate of drug-likeness (QED) is 0.576. The second-order valence-electron chi connectivity index (χ2n) is 7.99. The second kappa shape index (κ2) is 10.2. The van der Waals surface area contributed by atoms with Crippen molar-refractivity contribution in [1.29, 1.82) is 0 Å². The summed E-state index contributed by atoms with van der Waals surface area (Å²) in [7, 11) is 3.81. The summed E-state index contributed by atoms with van der Waals surface area (Å²) < 4.78 is 5.55. The summed E-state index contributed by atoms with van der Waals surface area (Å²) in [6.07, 6.45) is 3.40. The van der Waals surface area contributed by atoms with Crippen LogP contribution in [0.4, 0.5) is 11.4 Å². The molecule has 0 aliphatic carbocycles. The van der Waals surface area contributed by atoms with E-state index in [-0.39, 0.29) is 5.91 Å². The number of hydrogen-bond acceptors (Lipinski definition) is 4. The fraction of sp³-hybridized carbons (Fsp3) is 0.222. The van der Waals surface area contributed by atoms with Gasteiger partial charge >= 0.3 is 0 Å². The molecule has 5 heteroatoms. The Labute approximate surface area is 189 Å². The SMILES string of the molecule is COc1ccc(NC(=O)/C=C/c2ccc(-c3ccccc3)cc2)cc1N1CCN(C)CC1. The molecule has 1 fully saturated rings. The number of amides is 1. The molecule has 3 aromatic rings. The molecule has 4 rings (SSSR count). The predicted molar refractivity (Wildman–Crippen MR) is 132 cm³/mol. The molecule has 3 aromatic carbocycles. The molecule has 5 nitrogen and oxygen atoms in total. The topological polar surface area (TPSA) is 44.8 Å². The molecule has 0 unspecified atom stereocenters. The van der Waals surface area contributed by atoms with Gasteiger partial charge in [0.1, 0.15) is 5.75 Å². The van der Waals surface area contributed by atoms with Crippen molar-refractivity contribution in [3.8, 4) is 16.9 Å². The number of ether oxygens (including phenoxy) is 1. The normalized spacial score (nSPS) is 14.5. The van der Waals surface area contributed by atoms with Gasteiger partial charge in [0.25, 0.3) is 0 Å². The van der Waals surface area contributed by atoms with E-state index in [0.717, 1.165) is 54.4 Å². The minimum atomic E-state index is -0.161. The van der Waals surface area contributed by atoms with Gasteiger partial charge in [-0.25, -0.2) is 0 Å². The third kappa shape index (κ3) is 5.37. The molecule has 0 bridgehead atoms. The average Bonchev–Trinajstić information content (AvgIpc) is 2.84. The lowest BCUT2D eigenvalue weighted by molar-refractivity contribution is -0.111. The molecule has 1 heterocycles. The zero-order valence-electron chi connectivity index (χ0n) is 18.6. The number of carbonyl (C=O) groups is 1. The van der Waals surface area contributed by atoms with Gasteiger partial charge in [0.2, 0.25) is 5.91 Å². The van der Waals surface area contributed by atoms with Crippen LogP contribution in [0.25, 0.3) is 17.2 Å². The summed E-state index contributed by atoms with van der Waals surface area (Å²) in [4.78, 5) is 17.1. The highest BCUT2D eigenvalue weighted by Crippen LogP contribution is 2.32. The van der Waals surface area contributed by atoms with Crippen molar-refractivity contribution in [2.45, 2.75) is 0 Å². The third-order valence-electron chi connectivity index (χ3n) is 5.74. The summed E-state index contributed by atoms with van der Waals surface area (Å²) in [5.41, 5.74) is 5.08. The highest BCUT2D eigenvalue weighted by atomic mass is 16.5. The highest BCUT2D eigenvalue weighted by molar-refractivity contribution is 6.02. The summed E-state index contributed by atoms with van der Waals surface area (Å²) in [6.45, 7) is 3.88. The fourth-order valence-corrected chi connectivity index (χ4v) is 3.84. The van der Waals surface area contributed by atoms with Crippen molar-refractivity contribution in [3.63, 3.8) is 0 Å².